The molecule has 0 saturated carbocycles. The van der Waals surface area contributed by atoms with Crippen LogP contribution in [0.1, 0.15) is 32.7 Å². The van der Waals surface area contributed by atoms with E-state index in [1.807, 2.05) is 67.9 Å². The van der Waals surface area contributed by atoms with Crippen LogP contribution in [0.5, 0.6) is 0 Å². The first-order chi connectivity index (χ1) is 11.5. The van der Waals surface area contributed by atoms with Crippen LogP contribution in [-0.2, 0) is 6.54 Å². The van der Waals surface area contributed by atoms with Crippen LogP contribution in [0.4, 0.5) is 5.82 Å². The van der Waals surface area contributed by atoms with Gasteiger partial charge in [0.15, 0.2) is 5.82 Å². The lowest BCUT2D eigenvalue weighted by Gasteiger charge is -2.07. The number of carbonyl (C=O) groups excluding carboxylic acids is 1. The molecule has 0 fully saturated rings. The summed E-state index contributed by atoms with van der Waals surface area (Å²) < 4.78 is 1.90. The minimum absolute atomic E-state index is 0.124. The van der Waals surface area contributed by atoms with Gasteiger partial charge < -0.3 is 5.32 Å². The zero-order chi connectivity index (χ0) is 17.1. The summed E-state index contributed by atoms with van der Waals surface area (Å²) in [6.07, 6.45) is 0. The number of aryl methyl sites for hydroxylation is 3. The van der Waals surface area contributed by atoms with Crippen LogP contribution in [-0.4, -0.2) is 15.7 Å². The number of aromatic nitrogens is 2. The third kappa shape index (κ3) is 3.54. The lowest BCUT2D eigenvalue weighted by Crippen LogP contribution is -2.14. The monoisotopic (exact) mass is 319 g/mol. The molecule has 1 amide bonds. The number of hydrogen-bond donors (Lipinski definition) is 1. The van der Waals surface area contributed by atoms with Crippen LogP contribution in [0.3, 0.4) is 0 Å². The van der Waals surface area contributed by atoms with Crippen molar-refractivity contribution in [2.24, 2.45) is 0 Å². The van der Waals surface area contributed by atoms with Crippen molar-refractivity contribution in [1.29, 1.82) is 0 Å². The number of nitrogens with one attached hydrogen (secondary N) is 1. The van der Waals surface area contributed by atoms with Crippen molar-refractivity contribution in [3.05, 3.63) is 82.5 Å². The fourth-order valence-corrected chi connectivity index (χ4v) is 2.65. The maximum Gasteiger partial charge on any atom is 0.257 e. The Morgan fingerprint density at radius 3 is 2.54 bits per heavy atom. The minimum atomic E-state index is -0.124. The number of anilines is 1. The summed E-state index contributed by atoms with van der Waals surface area (Å²) in [4.78, 5) is 12.5. The maximum atomic E-state index is 12.5. The van der Waals surface area contributed by atoms with E-state index in [0.717, 1.165) is 16.8 Å². The molecule has 1 heterocycles. The first kappa shape index (κ1) is 16.0. The highest BCUT2D eigenvalue weighted by Gasteiger charge is 2.12. The molecular formula is C20H21N3O. The molecule has 0 aliphatic heterocycles. The zero-order valence-electron chi connectivity index (χ0n) is 14.2. The van der Waals surface area contributed by atoms with Crippen molar-refractivity contribution in [1.82, 2.24) is 9.78 Å². The van der Waals surface area contributed by atoms with Crippen molar-refractivity contribution >= 4 is 11.7 Å². The molecule has 3 rings (SSSR count). The number of carbonyl (C=O) groups is 1. The smallest absolute Gasteiger partial charge is 0.257 e. The van der Waals surface area contributed by atoms with Crippen LogP contribution in [0, 0.1) is 20.8 Å². The molecule has 4 heteroatoms. The topological polar surface area (TPSA) is 46.9 Å². The molecule has 1 aromatic heterocycles. The highest BCUT2D eigenvalue weighted by atomic mass is 16.1. The average Bonchev–Trinajstić information content (AvgIpc) is 2.90. The summed E-state index contributed by atoms with van der Waals surface area (Å²) >= 11 is 0. The third-order valence-corrected chi connectivity index (χ3v) is 4.04. The Morgan fingerprint density at radius 2 is 1.79 bits per heavy atom. The summed E-state index contributed by atoms with van der Waals surface area (Å²) in [5.41, 5.74) is 4.89. The number of nitrogens with zero attached hydrogens (tertiary/aromatic N) is 2. The van der Waals surface area contributed by atoms with Gasteiger partial charge in [-0.3, -0.25) is 9.48 Å². The molecule has 0 bridgehead atoms. The maximum absolute atomic E-state index is 12.5. The van der Waals surface area contributed by atoms with Crippen LogP contribution < -0.4 is 5.32 Å². The molecule has 0 unspecified atom stereocenters. The summed E-state index contributed by atoms with van der Waals surface area (Å²) in [7, 11) is 0. The van der Waals surface area contributed by atoms with Gasteiger partial charge in [-0.2, -0.15) is 5.10 Å². The van der Waals surface area contributed by atoms with Gasteiger partial charge in [-0.1, -0.05) is 48.0 Å². The van der Waals surface area contributed by atoms with Gasteiger partial charge >= 0.3 is 0 Å². The highest BCUT2D eigenvalue weighted by molar-refractivity contribution is 6.04. The lowest BCUT2D eigenvalue weighted by atomic mass is 10.1. The molecule has 0 atom stereocenters. The largest absolute Gasteiger partial charge is 0.305 e. The Morgan fingerprint density at radius 1 is 1.04 bits per heavy atom. The molecule has 1 N–H and O–H groups in total. The molecule has 0 radical (unpaired) electrons. The second-order valence-corrected chi connectivity index (χ2v) is 6.09. The van der Waals surface area contributed by atoms with Crippen LogP contribution >= 0.6 is 0 Å². The number of rotatable bonds is 4. The fraction of sp³-hybridized carbons (Fsp3) is 0.200. The second-order valence-electron chi connectivity index (χ2n) is 6.09. The van der Waals surface area contributed by atoms with Gasteiger partial charge in [0.1, 0.15) is 0 Å². The number of hydrogen-bond acceptors (Lipinski definition) is 2. The van der Waals surface area contributed by atoms with Crippen molar-refractivity contribution in [3.63, 3.8) is 0 Å². The Labute approximate surface area is 142 Å². The molecule has 2 aromatic carbocycles. The van der Waals surface area contributed by atoms with Crippen LogP contribution in [0.2, 0.25) is 0 Å². The fourth-order valence-electron chi connectivity index (χ4n) is 2.65. The Bertz CT molecular complexity index is 866. The predicted molar refractivity (Wildman–Crippen MR) is 96.4 cm³/mol. The Kier molecular flexibility index (Phi) is 4.47. The van der Waals surface area contributed by atoms with Gasteiger partial charge in [0.05, 0.1) is 6.54 Å². The molecule has 122 valence electrons. The van der Waals surface area contributed by atoms with Crippen molar-refractivity contribution in [2.45, 2.75) is 27.3 Å². The third-order valence-electron chi connectivity index (χ3n) is 4.04. The Hall–Kier alpha value is -2.88. The number of amides is 1. The normalized spacial score (nSPS) is 10.6. The van der Waals surface area contributed by atoms with Gasteiger partial charge in [-0.25, -0.2) is 0 Å². The van der Waals surface area contributed by atoms with Gasteiger partial charge in [0.25, 0.3) is 5.91 Å². The molecular weight excluding hydrogens is 298 g/mol. The van der Waals surface area contributed by atoms with E-state index in [0.29, 0.717) is 17.9 Å². The molecule has 0 spiro atoms. The first-order valence-corrected chi connectivity index (χ1v) is 8.00. The minimum Gasteiger partial charge on any atom is -0.305 e. The van der Waals surface area contributed by atoms with E-state index in [4.69, 9.17) is 0 Å². The Balaban J connectivity index is 1.77. The zero-order valence-corrected chi connectivity index (χ0v) is 14.2. The predicted octanol–water partition coefficient (Wildman–Crippen LogP) is 4.11. The van der Waals surface area contributed by atoms with E-state index in [9.17, 15) is 4.79 Å². The van der Waals surface area contributed by atoms with Gasteiger partial charge in [-0.05, 0) is 38.0 Å². The van der Waals surface area contributed by atoms with E-state index in [1.165, 1.54) is 5.56 Å². The molecule has 0 aliphatic carbocycles. The standard InChI is InChI=1S/C20H21N3O/c1-14-9-10-15(2)18(11-14)20(24)21-19-12-16(3)23(22-19)13-17-7-5-4-6-8-17/h4-12H,13H2,1-3H3,(H,21,22,24). The van der Waals surface area contributed by atoms with Crippen LogP contribution in [0.15, 0.2) is 54.6 Å². The van der Waals surface area contributed by atoms with Crippen LogP contribution in [0.25, 0.3) is 0 Å². The molecule has 3 aromatic rings. The van der Waals surface area contributed by atoms with E-state index >= 15 is 0 Å². The summed E-state index contributed by atoms with van der Waals surface area (Å²) in [5.74, 6) is 0.454. The van der Waals surface area contributed by atoms with E-state index < -0.39 is 0 Å². The van der Waals surface area contributed by atoms with Crippen molar-refractivity contribution in [2.75, 3.05) is 5.32 Å². The lowest BCUT2D eigenvalue weighted by molar-refractivity contribution is 0.102. The molecule has 4 nitrogen and oxygen atoms in total. The highest BCUT2D eigenvalue weighted by Crippen LogP contribution is 2.15. The van der Waals surface area contributed by atoms with Gasteiger partial charge in [-0.15, -0.1) is 0 Å². The van der Waals surface area contributed by atoms with Gasteiger partial charge in [0, 0.05) is 17.3 Å². The average molecular weight is 319 g/mol. The molecule has 24 heavy (non-hydrogen) atoms. The van der Waals surface area contributed by atoms with Crippen molar-refractivity contribution < 1.29 is 4.79 Å². The summed E-state index contributed by atoms with van der Waals surface area (Å²) in [6.45, 7) is 6.60. The van der Waals surface area contributed by atoms with E-state index in [2.05, 4.69) is 22.5 Å². The van der Waals surface area contributed by atoms with Crippen molar-refractivity contribution in [3.8, 4) is 0 Å². The first-order valence-electron chi connectivity index (χ1n) is 8.00. The quantitative estimate of drug-likeness (QED) is 0.786. The van der Waals surface area contributed by atoms with E-state index in [1.54, 1.807) is 0 Å². The molecule has 0 aliphatic rings. The SMILES string of the molecule is Cc1ccc(C)c(C(=O)Nc2cc(C)n(Cc3ccccc3)n2)c1. The van der Waals surface area contributed by atoms with Gasteiger partial charge in [0.2, 0.25) is 0 Å². The molecule has 0 saturated heterocycles. The summed E-state index contributed by atoms with van der Waals surface area (Å²) in [5, 5.41) is 7.41. The second kappa shape index (κ2) is 6.71. The van der Waals surface area contributed by atoms with E-state index in [-0.39, 0.29) is 5.91 Å². The number of benzene rings is 2. The summed E-state index contributed by atoms with van der Waals surface area (Å²) in [6, 6.07) is 17.9.